The molecule has 0 aromatic heterocycles. The van der Waals surface area contributed by atoms with Crippen molar-refractivity contribution in [2.45, 2.75) is 19.1 Å². The summed E-state index contributed by atoms with van der Waals surface area (Å²) >= 11 is 0. The van der Waals surface area contributed by atoms with Crippen LogP contribution in [0.3, 0.4) is 0 Å². The number of carbonyl (C=O) groups excluding carboxylic acids is 1. The van der Waals surface area contributed by atoms with Crippen LogP contribution in [-0.4, -0.2) is 25.2 Å². The molecule has 1 amide bonds. The number of amides is 1. The van der Waals surface area contributed by atoms with E-state index < -0.39 is 24.4 Å². The topological polar surface area (TPSA) is 47.6 Å². The third-order valence-corrected chi connectivity index (χ3v) is 3.25. The fourth-order valence-corrected chi connectivity index (χ4v) is 1.99. The number of carbonyl (C=O) groups is 1. The molecule has 2 rings (SSSR count). The molecule has 4 nitrogen and oxygen atoms in total. The summed E-state index contributed by atoms with van der Waals surface area (Å²) in [6, 6.07) is 14.4. The molecule has 0 bridgehead atoms. The molecular weight excluding hydrogens is 366 g/mol. The standard InChI is InChI=1S/C19H17F4NO3/c20-17(21)19(22,23)27-16-10-4-8-14(12-16)9-5-11-24-18(25)26-13-15-6-2-1-3-7-15/h1-10,12,17H,11,13H2,(H,24,25). The van der Waals surface area contributed by atoms with Crippen LogP contribution in [0, 0.1) is 0 Å². The van der Waals surface area contributed by atoms with Crippen molar-refractivity contribution in [1.82, 2.24) is 5.32 Å². The first-order valence-electron chi connectivity index (χ1n) is 7.93. The number of ether oxygens (including phenoxy) is 2. The lowest BCUT2D eigenvalue weighted by Gasteiger charge is -2.16. The van der Waals surface area contributed by atoms with Gasteiger partial charge in [0, 0.05) is 6.54 Å². The van der Waals surface area contributed by atoms with Crippen molar-refractivity contribution in [3.8, 4) is 5.75 Å². The van der Waals surface area contributed by atoms with E-state index in [4.69, 9.17) is 4.74 Å². The van der Waals surface area contributed by atoms with E-state index in [0.717, 1.165) is 11.6 Å². The van der Waals surface area contributed by atoms with E-state index >= 15 is 0 Å². The zero-order valence-corrected chi connectivity index (χ0v) is 14.1. The molecule has 2 aromatic rings. The highest BCUT2D eigenvalue weighted by atomic mass is 19.3. The Morgan fingerprint density at radius 2 is 1.85 bits per heavy atom. The molecule has 0 aliphatic carbocycles. The van der Waals surface area contributed by atoms with Gasteiger partial charge in [0.05, 0.1) is 0 Å². The van der Waals surface area contributed by atoms with Crippen molar-refractivity contribution < 1.29 is 31.8 Å². The van der Waals surface area contributed by atoms with Gasteiger partial charge in [-0.05, 0) is 23.3 Å². The van der Waals surface area contributed by atoms with Gasteiger partial charge in [-0.3, -0.25) is 0 Å². The van der Waals surface area contributed by atoms with Crippen LogP contribution >= 0.6 is 0 Å². The van der Waals surface area contributed by atoms with Gasteiger partial charge < -0.3 is 14.8 Å². The number of halogens is 4. The molecule has 1 N–H and O–H groups in total. The molecule has 144 valence electrons. The maximum absolute atomic E-state index is 12.9. The van der Waals surface area contributed by atoms with Crippen molar-refractivity contribution in [2.75, 3.05) is 6.54 Å². The van der Waals surface area contributed by atoms with Gasteiger partial charge in [-0.2, -0.15) is 17.6 Å². The minimum absolute atomic E-state index is 0.131. The number of hydrogen-bond donors (Lipinski definition) is 1. The summed E-state index contributed by atoms with van der Waals surface area (Å²) in [6.07, 6.45) is -6.04. The number of hydrogen-bond acceptors (Lipinski definition) is 3. The van der Waals surface area contributed by atoms with E-state index in [1.807, 2.05) is 30.3 Å². The molecule has 0 heterocycles. The maximum Gasteiger partial charge on any atom is 0.461 e. The highest BCUT2D eigenvalue weighted by Crippen LogP contribution is 2.28. The molecule has 2 aromatic carbocycles. The van der Waals surface area contributed by atoms with Gasteiger partial charge in [-0.1, -0.05) is 54.6 Å². The summed E-state index contributed by atoms with van der Waals surface area (Å²) in [5.74, 6) is -0.391. The second-order valence-electron chi connectivity index (χ2n) is 5.38. The van der Waals surface area contributed by atoms with Crippen LogP contribution < -0.4 is 10.1 Å². The fourth-order valence-electron chi connectivity index (χ4n) is 1.99. The van der Waals surface area contributed by atoms with Crippen LogP contribution in [0.15, 0.2) is 60.7 Å². The molecular formula is C19H17F4NO3. The smallest absolute Gasteiger partial charge is 0.445 e. The molecule has 0 saturated carbocycles. The SMILES string of the molecule is O=C(NCC=Cc1cccc(OC(F)(F)C(F)F)c1)OCc1ccccc1. The minimum atomic E-state index is -4.56. The Morgan fingerprint density at radius 3 is 2.56 bits per heavy atom. The number of rotatable bonds is 8. The second kappa shape index (κ2) is 9.61. The van der Waals surface area contributed by atoms with E-state index in [9.17, 15) is 22.4 Å². The zero-order chi connectivity index (χ0) is 19.7. The Kier molecular flexibility index (Phi) is 7.22. The Labute approximate surface area is 153 Å². The Bertz CT molecular complexity index is 767. The molecule has 0 saturated heterocycles. The highest BCUT2D eigenvalue weighted by Gasteiger charge is 2.43. The summed E-state index contributed by atoms with van der Waals surface area (Å²) in [7, 11) is 0. The summed E-state index contributed by atoms with van der Waals surface area (Å²) in [5.41, 5.74) is 1.29. The summed E-state index contributed by atoms with van der Waals surface area (Å²) in [4.78, 5) is 11.6. The first kappa shape index (κ1) is 20.3. The molecule has 8 heteroatoms. The van der Waals surface area contributed by atoms with E-state index in [-0.39, 0.29) is 13.2 Å². The fraction of sp³-hybridized carbons (Fsp3) is 0.211. The lowest BCUT2D eigenvalue weighted by Crippen LogP contribution is -2.33. The van der Waals surface area contributed by atoms with Gasteiger partial charge in [0.25, 0.3) is 0 Å². The van der Waals surface area contributed by atoms with Crippen molar-refractivity contribution >= 4 is 12.2 Å². The van der Waals surface area contributed by atoms with Crippen LogP contribution in [-0.2, 0) is 11.3 Å². The predicted octanol–water partition coefficient (Wildman–Crippen LogP) is 4.86. The molecule has 0 atom stereocenters. The van der Waals surface area contributed by atoms with E-state index in [1.54, 1.807) is 12.1 Å². The minimum Gasteiger partial charge on any atom is -0.445 e. The molecule has 0 aliphatic rings. The van der Waals surface area contributed by atoms with Gasteiger partial charge in [-0.15, -0.1) is 0 Å². The first-order valence-corrected chi connectivity index (χ1v) is 7.93. The Morgan fingerprint density at radius 1 is 1.11 bits per heavy atom. The number of benzene rings is 2. The van der Waals surface area contributed by atoms with Crippen molar-refractivity contribution in [1.29, 1.82) is 0 Å². The third-order valence-electron chi connectivity index (χ3n) is 3.25. The summed E-state index contributed by atoms with van der Waals surface area (Å²) in [5, 5.41) is 2.49. The van der Waals surface area contributed by atoms with Gasteiger partial charge in [0.1, 0.15) is 12.4 Å². The van der Waals surface area contributed by atoms with Gasteiger partial charge in [-0.25, -0.2) is 4.79 Å². The summed E-state index contributed by atoms with van der Waals surface area (Å²) in [6.45, 7) is 0.264. The highest BCUT2D eigenvalue weighted by molar-refractivity contribution is 5.67. The van der Waals surface area contributed by atoms with Crippen LogP contribution in [0.5, 0.6) is 5.75 Å². The monoisotopic (exact) mass is 383 g/mol. The lowest BCUT2D eigenvalue weighted by molar-refractivity contribution is -0.253. The average molecular weight is 383 g/mol. The molecule has 27 heavy (non-hydrogen) atoms. The maximum atomic E-state index is 12.9. The zero-order valence-electron chi connectivity index (χ0n) is 14.1. The largest absolute Gasteiger partial charge is 0.461 e. The van der Waals surface area contributed by atoms with Crippen molar-refractivity contribution in [2.24, 2.45) is 0 Å². The van der Waals surface area contributed by atoms with Crippen LogP contribution in [0.4, 0.5) is 22.4 Å². The molecule has 0 unspecified atom stereocenters. The molecule has 0 spiro atoms. The van der Waals surface area contributed by atoms with Crippen molar-refractivity contribution in [3.63, 3.8) is 0 Å². The van der Waals surface area contributed by atoms with E-state index in [1.165, 1.54) is 18.2 Å². The van der Waals surface area contributed by atoms with Crippen molar-refractivity contribution in [3.05, 3.63) is 71.8 Å². The number of alkyl carbamates (subject to hydrolysis) is 1. The normalized spacial score (nSPS) is 11.6. The first-order chi connectivity index (χ1) is 12.9. The van der Waals surface area contributed by atoms with Crippen LogP contribution in [0.2, 0.25) is 0 Å². The number of alkyl halides is 4. The molecule has 0 radical (unpaired) electrons. The Hall–Kier alpha value is -3.03. The molecule has 0 aliphatic heterocycles. The van der Waals surface area contributed by atoms with Gasteiger partial charge in [0.2, 0.25) is 0 Å². The van der Waals surface area contributed by atoms with Crippen LogP contribution in [0.25, 0.3) is 6.08 Å². The van der Waals surface area contributed by atoms with E-state index in [2.05, 4.69) is 10.1 Å². The summed E-state index contributed by atoms with van der Waals surface area (Å²) < 4.78 is 59.1. The van der Waals surface area contributed by atoms with Gasteiger partial charge in [0.15, 0.2) is 0 Å². The Balaban J connectivity index is 1.79. The van der Waals surface area contributed by atoms with Gasteiger partial charge >= 0.3 is 18.6 Å². The molecule has 0 fully saturated rings. The lowest BCUT2D eigenvalue weighted by atomic mass is 10.2. The third kappa shape index (κ3) is 7.01. The average Bonchev–Trinajstić information content (AvgIpc) is 2.64. The quantitative estimate of drug-likeness (QED) is 0.662. The van der Waals surface area contributed by atoms with Crippen LogP contribution in [0.1, 0.15) is 11.1 Å². The second-order valence-corrected chi connectivity index (χ2v) is 5.38. The number of nitrogens with one attached hydrogen (secondary N) is 1. The van der Waals surface area contributed by atoms with E-state index in [0.29, 0.717) is 5.56 Å². The predicted molar refractivity (Wildman–Crippen MR) is 91.7 cm³/mol.